The zero-order valence-electron chi connectivity index (χ0n) is 12.1. The fraction of sp³-hybridized carbons (Fsp3) is 0.429. The largest absolute Gasteiger partial charge is 0.493 e. The van der Waals surface area contributed by atoms with Crippen molar-refractivity contribution in [2.24, 2.45) is 0 Å². The fourth-order valence-electron chi connectivity index (χ4n) is 1.65. The van der Waals surface area contributed by atoms with Crippen molar-refractivity contribution in [1.82, 2.24) is 4.90 Å². The van der Waals surface area contributed by atoms with Gasteiger partial charge in [-0.2, -0.15) is 0 Å². The monoisotopic (exact) mass is 281 g/mol. The summed E-state index contributed by atoms with van der Waals surface area (Å²) in [5.74, 6) is 0.538. The third-order valence-electron chi connectivity index (χ3n) is 2.82. The van der Waals surface area contributed by atoms with Crippen LogP contribution < -0.4 is 9.47 Å². The van der Waals surface area contributed by atoms with E-state index in [9.17, 15) is 9.59 Å². The second-order valence-corrected chi connectivity index (χ2v) is 4.19. The van der Waals surface area contributed by atoms with Gasteiger partial charge in [-0.1, -0.05) is 6.07 Å². The summed E-state index contributed by atoms with van der Waals surface area (Å²) in [6.07, 6.45) is 0.174. The van der Waals surface area contributed by atoms with Crippen LogP contribution in [0.2, 0.25) is 0 Å². The molecular weight excluding hydrogens is 262 g/mol. The van der Waals surface area contributed by atoms with Gasteiger partial charge in [-0.15, -0.1) is 0 Å². The van der Waals surface area contributed by atoms with E-state index in [4.69, 9.17) is 9.47 Å². The van der Waals surface area contributed by atoms with Crippen LogP contribution in [0.15, 0.2) is 18.2 Å². The molecule has 0 saturated heterocycles. The quantitative estimate of drug-likeness (QED) is 0.724. The average molecular weight is 281 g/mol. The Kier molecular flexibility index (Phi) is 5.83. The molecule has 0 aliphatic rings. The van der Waals surface area contributed by atoms with Crippen molar-refractivity contribution in [2.75, 3.05) is 34.9 Å². The van der Waals surface area contributed by atoms with E-state index in [2.05, 4.69) is 4.74 Å². The minimum atomic E-state index is -0.451. The van der Waals surface area contributed by atoms with Crippen LogP contribution in [0.25, 0.3) is 0 Å². The highest BCUT2D eigenvalue weighted by Crippen LogP contribution is 2.27. The minimum absolute atomic E-state index is 0.0668. The molecule has 0 radical (unpaired) electrons. The Morgan fingerprint density at radius 1 is 1.10 bits per heavy atom. The van der Waals surface area contributed by atoms with Crippen molar-refractivity contribution in [2.45, 2.75) is 6.42 Å². The summed E-state index contributed by atoms with van der Waals surface area (Å²) in [5, 5.41) is 0. The molecule has 0 atom stereocenters. The maximum Gasteiger partial charge on any atom is 0.325 e. The number of rotatable bonds is 6. The molecule has 0 unspecified atom stereocenters. The number of nitrogens with zero attached hydrogens (tertiary/aromatic N) is 1. The van der Waals surface area contributed by atoms with Crippen LogP contribution >= 0.6 is 0 Å². The summed E-state index contributed by atoms with van der Waals surface area (Å²) < 4.78 is 14.8. The lowest BCUT2D eigenvalue weighted by atomic mass is 10.1. The first kappa shape index (κ1) is 15.8. The highest BCUT2D eigenvalue weighted by molar-refractivity contribution is 5.83. The predicted octanol–water partition coefficient (Wildman–Crippen LogP) is 0.878. The lowest BCUT2D eigenvalue weighted by Gasteiger charge is -2.16. The number of ether oxygens (including phenoxy) is 3. The van der Waals surface area contributed by atoms with Crippen molar-refractivity contribution in [3.8, 4) is 11.5 Å². The normalized spacial score (nSPS) is 9.80. The fourth-order valence-corrected chi connectivity index (χ4v) is 1.65. The molecule has 1 aromatic carbocycles. The zero-order chi connectivity index (χ0) is 15.1. The van der Waals surface area contributed by atoms with Crippen molar-refractivity contribution >= 4 is 11.9 Å². The Labute approximate surface area is 118 Å². The maximum atomic E-state index is 12.0. The van der Waals surface area contributed by atoms with Crippen LogP contribution in [-0.2, 0) is 20.7 Å². The van der Waals surface area contributed by atoms with Crippen molar-refractivity contribution < 1.29 is 23.8 Å². The van der Waals surface area contributed by atoms with Gasteiger partial charge < -0.3 is 19.1 Å². The maximum absolute atomic E-state index is 12.0. The molecule has 6 heteroatoms. The second-order valence-electron chi connectivity index (χ2n) is 4.19. The molecule has 0 spiro atoms. The molecule has 0 N–H and O–H groups in total. The van der Waals surface area contributed by atoms with E-state index in [1.165, 1.54) is 19.1 Å². The summed E-state index contributed by atoms with van der Waals surface area (Å²) in [7, 11) is 5.93. The van der Waals surface area contributed by atoms with Gasteiger partial charge in [-0.3, -0.25) is 9.59 Å². The zero-order valence-corrected chi connectivity index (χ0v) is 12.1. The van der Waals surface area contributed by atoms with Crippen LogP contribution in [0, 0.1) is 0 Å². The predicted molar refractivity (Wildman–Crippen MR) is 72.9 cm³/mol. The number of carbonyl (C=O) groups is 2. The van der Waals surface area contributed by atoms with E-state index in [1.807, 2.05) is 0 Å². The summed E-state index contributed by atoms with van der Waals surface area (Å²) in [6.45, 7) is -0.0668. The number of methoxy groups -OCH3 is 3. The highest BCUT2D eigenvalue weighted by atomic mass is 16.5. The molecule has 1 aromatic rings. The van der Waals surface area contributed by atoms with E-state index in [0.29, 0.717) is 11.5 Å². The number of benzene rings is 1. The molecule has 110 valence electrons. The molecule has 0 aliphatic heterocycles. The molecule has 0 heterocycles. The van der Waals surface area contributed by atoms with Crippen LogP contribution in [0.4, 0.5) is 0 Å². The summed E-state index contributed by atoms with van der Waals surface area (Å²) in [6, 6.07) is 5.26. The van der Waals surface area contributed by atoms with Crippen molar-refractivity contribution in [1.29, 1.82) is 0 Å². The van der Waals surface area contributed by atoms with Crippen LogP contribution in [-0.4, -0.2) is 51.7 Å². The molecule has 0 aromatic heterocycles. The van der Waals surface area contributed by atoms with Crippen LogP contribution in [0.3, 0.4) is 0 Å². The van der Waals surface area contributed by atoms with Crippen molar-refractivity contribution in [3.05, 3.63) is 23.8 Å². The van der Waals surface area contributed by atoms with E-state index >= 15 is 0 Å². The van der Waals surface area contributed by atoms with Gasteiger partial charge in [-0.25, -0.2) is 0 Å². The first-order valence-corrected chi connectivity index (χ1v) is 6.03. The molecule has 0 fully saturated rings. The van der Waals surface area contributed by atoms with E-state index in [0.717, 1.165) is 5.56 Å². The van der Waals surface area contributed by atoms with Gasteiger partial charge >= 0.3 is 5.97 Å². The molecule has 6 nitrogen and oxygen atoms in total. The van der Waals surface area contributed by atoms with Gasteiger partial charge in [0.15, 0.2) is 11.5 Å². The molecular formula is C14H19NO5. The Balaban J connectivity index is 2.73. The van der Waals surface area contributed by atoms with E-state index in [1.54, 1.807) is 32.4 Å². The number of hydrogen-bond acceptors (Lipinski definition) is 5. The summed E-state index contributed by atoms with van der Waals surface area (Å²) in [4.78, 5) is 24.4. The van der Waals surface area contributed by atoms with Crippen molar-refractivity contribution in [3.63, 3.8) is 0 Å². The standard InChI is InChI=1S/C14H19NO5/c1-15(9-14(17)20-4)13(16)8-10-5-6-11(18-2)12(7-10)19-3/h5-7H,8-9H2,1-4H3. The van der Waals surface area contributed by atoms with Gasteiger partial charge in [0.05, 0.1) is 27.8 Å². The number of hydrogen-bond donors (Lipinski definition) is 0. The Morgan fingerprint density at radius 3 is 2.30 bits per heavy atom. The lowest BCUT2D eigenvalue weighted by Crippen LogP contribution is -2.33. The third-order valence-corrected chi connectivity index (χ3v) is 2.82. The van der Waals surface area contributed by atoms with Gasteiger partial charge in [-0.05, 0) is 17.7 Å². The Morgan fingerprint density at radius 2 is 1.75 bits per heavy atom. The smallest absolute Gasteiger partial charge is 0.325 e. The number of esters is 1. The second kappa shape index (κ2) is 7.37. The third kappa shape index (κ3) is 4.15. The van der Waals surface area contributed by atoms with E-state index < -0.39 is 5.97 Å². The molecule has 1 rings (SSSR count). The summed E-state index contributed by atoms with van der Waals surface area (Å²) >= 11 is 0. The molecule has 0 bridgehead atoms. The SMILES string of the molecule is COC(=O)CN(C)C(=O)Cc1ccc(OC)c(OC)c1. The first-order chi connectivity index (χ1) is 9.51. The molecule has 1 amide bonds. The topological polar surface area (TPSA) is 65.1 Å². The minimum Gasteiger partial charge on any atom is -0.493 e. The number of likely N-dealkylation sites (N-methyl/N-ethyl adjacent to an activating group) is 1. The highest BCUT2D eigenvalue weighted by Gasteiger charge is 2.14. The van der Waals surface area contributed by atoms with Crippen LogP contribution in [0.5, 0.6) is 11.5 Å². The number of carbonyl (C=O) groups excluding carboxylic acids is 2. The van der Waals surface area contributed by atoms with Crippen LogP contribution in [0.1, 0.15) is 5.56 Å². The van der Waals surface area contributed by atoms with Gasteiger partial charge in [0, 0.05) is 7.05 Å². The molecule has 20 heavy (non-hydrogen) atoms. The Hall–Kier alpha value is -2.24. The molecule has 0 saturated carbocycles. The Bertz CT molecular complexity index is 486. The summed E-state index contributed by atoms with van der Waals surface area (Å²) in [5.41, 5.74) is 0.782. The molecule has 0 aliphatic carbocycles. The van der Waals surface area contributed by atoms with Gasteiger partial charge in [0.2, 0.25) is 5.91 Å². The average Bonchev–Trinajstić information content (AvgIpc) is 2.46. The van der Waals surface area contributed by atoms with Gasteiger partial charge in [0.25, 0.3) is 0 Å². The number of amides is 1. The van der Waals surface area contributed by atoms with Gasteiger partial charge in [0.1, 0.15) is 6.54 Å². The lowest BCUT2D eigenvalue weighted by molar-refractivity contribution is -0.145. The van der Waals surface area contributed by atoms with E-state index in [-0.39, 0.29) is 18.9 Å². The first-order valence-electron chi connectivity index (χ1n) is 6.03.